The molecule has 0 heterocycles. The van der Waals surface area contributed by atoms with Crippen LogP contribution in [0.3, 0.4) is 0 Å². The fourth-order valence-corrected chi connectivity index (χ4v) is 1.82. The summed E-state index contributed by atoms with van der Waals surface area (Å²) in [6.45, 7) is 2.89. The van der Waals surface area contributed by atoms with E-state index in [0.717, 1.165) is 5.56 Å². The minimum absolute atomic E-state index is 0.189. The van der Waals surface area contributed by atoms with Crippen LogP contribution in [0.25, 0.3) is 0 Å². The highest BCUT2D eigenvalue weighted by molar-refractivity contribution is 5.87. The zero-order chi connectivity index (χ0) is 15.8. The molecule has 21 heavy (non-hydrogen) atoms. The summed E-state index contributed by atoms with van der Waals surface area (Å²) in [7, 11) is 0. The number of aliphatic carboxylic acids is 1. The zero-order valence-electron chi connectivity index (χ0n) is 12.2. The van der Waals surface area contributed by atoms with Crippen molar-refractivity contribution >= 4 is 17.8 Å². The van der Waals surface area contributed by atoms with Gasteiger partial charge in [-0.15, -0.1) is 0 Å². The van der Waals surface area contributed by atoms with E-state index in [1.165, 1.54) is 4.90 Å². The molecule has 6 heteroatoms. The van der Waals surface area contributed by atoms with Gasteiger partial charge < -0.3 is 15.3 Å². The molecule has 1 rings (SSSR count). The summed E-state index contributed by atoms with van der Waals surface area (Å²) in [6, 6.07) is 8.94. The van der Waals surface area contributed by atoms with E-state index in [0.29, 0.717) is 0 Å². The van der Waals surface area contributed by atoms with Crippen molar-refractivity contribution in [2.45, 2.75) is 26.3 Å². The van der Waals surface area contributed by atoms with Gasteiger partial charge in [-0.3, -0.25) is 14.4 Å². The molecule has 0 aliphatic rings. The molecule has 0 aliphatic heterocycles. The summed E-state index contributed by atoms with van der Waals surface area (Å²) in [6.07, 6.45) is 0.189. The second-order valence-corrected chi connectivity index (χ2v) is 4.95. The molecule has 0 aromatic heterocycles. The Balaban J connectivity index is 2.47. The third-order valence-corrected chi connectivity index (χ3v) is 2.89. The first kappa shape index (κ1) is 16.7. The summed E-state index contributed by atoms with van der Waals surface area (Å²) >= 11 is 0. The van der Waals surface area contributed by atoms with Gasteiger partial charge in [-0.2, -0.15) is 0 Å². The van der Waals surface area contributed by atoms with Crippen molar-refractivity contribution in [3.8, 4) is 0 Å². The van der Waals surface area contributed by atoms with Gasteiger partial charge >= 0.3 is 5.97 Å². The van der Waals surface area contributed by atoms with E-state index in [4.69, 9.17) is 5.11 Å². The van der Waals surface area contributed by atoms with Gasteiger partial charge in [0.25, 0.3) is 0 Å². The SMILES string of the molecule is CC(C)N(CC(=O)O)C(=O)CNC(=O)Cc1ccccc1. The van der Waals surface area contributed by atoms with Gasteiger partial charge in [-0.05, 0) is 19.4 Å². The Hall–Kier alpha value is -2.37. The maximum absolute atomic E-state index is 11.9. The number of benzene rings is 1. The Morgan fingerprint density at radius 1 is 1.19 bits per heavy atom. The van der Waals surface area contributed by atoms with Gasteiger partial charge in [0.05, 0.1) is 13.0 Å². The Bertz CT molecular complexity index is 500. The normalized spacial score (nSPS) is 10.2. The first-order valence-corrected chi connectivity index (χ1v) is 6.72. The predicted molar refractivity (Wildman–Crippen MR) is 77.6 cm³/mol. The monoisotopic (exact) mass is 292 g/mol. The van der Waals surface area contributed by atoms with Gasteiger partial charge in [0.15, 0.2) is 0 Å². The topological polar surface area (TPSA) is 86.7 Å². The van der Waals surface area contributed by atoms with Gasteiger partial charge in [-0.25, -0.2) is 0 Å². The van der Waals surface area contributed by atoms with Crippen LogP contribution in [0.15, 0.2) is 30.3 Å². The third-order valence-electron chi connectivity index (χ3n) is 2.89. The summed E-state index contributed by atoms with van der Waals surface area (Å²) in [5, 5.41) is 11.3. The minimum Gasteiger partial charge on any atom is -0.480 e. The molecule has 2 amide bonds. The number of nitrogens with zero attached hydrogens (tertiary/aromatic N) is 1. The molecule has 0 aliphatic carbocycles. The number of nitrogens with one attached hydrogen (secondary N) is 1. The maximum atomic E-state index is 11.9. The number of hydrogen-bond acceptors (Lipinski definition) is 3. The highest BCUT2D eigenvalue weighted by Gasteiger charge is 2.20. The van der Waals surface area contributed by atoms with E-state index in [9.17, 15) is 14.4 Å². The molecular weight excluding hydrogens is 272 g/mol. The Morgan fingerprint density at radius 3 is 2.33 bits per heavy atom. The number of hydrogen-bond donors (Lipinski definition) is 2. The maximum Gasteiger partial charge on any atom is 0.323 e. The van der Waals surface area contributed by atoms with Crippen LogP contribution in [0, 0.1) is 0 Å². The average molecular weight is 292 g/mol. The van der Waals surface area contributed by atoms with Crippen LogP contribution >= 0.6 is 0 Å². The molecule has 0 unspecified atom stereocenters. The second kappa shape index (κ2) is 8.04. The van der Waals surface area contributed by atoms with E-state index >= 15 is 0 Å². The Labute approximate surface area is 123 Å². The molecular formula is C15H20N2O4. The number of carboxylic acids is 1. The molecule has 0 bridgehead atoms. The minimum atomic E-state index is -1.08. The van der Waals surface area contributed by atoms with Crippen molar-refractivity contribution in [2.75, 3.05) is 13.1 Å². The second-order valence-electron chi connectivity index (χ2n) is 4.95. The molecule has 2 N–H and O–H groups in total. The van der Waals surface area contributed by atoms with Gasteiger partial charge in [0.2, 0.25) is 11.8 Å². The predicted octanol–water partition coefficient (Wildman–Crippen LogP) is 0.667. The van der Waals surface area contributed by atoms with Crippen molar-refractivity contribution in [3.05, 3.63) is 35.9 Å². The lowest BCUT2D eigenvalue weighted by molar-refractivity contribution is -0.145. The molecule has 0 radical (unpaired) electrons. The number of carbonyl (C=O) groups excluding carboxylic acids is 2. The third kappa shape index (κ3) is 6.07. The molecule has 1 aromatic rings. The largest absolute Gasteiger partial charge is 0.480 e. The quantitative estimate of drug-likeness (QED) is 0.773. The fourth-order valence-electron chi connectivity index (χ4n) is 1.82. The lowest BCUT2D eigenvalue weighted by Gasteiger charge is -2.24. The first-order valence-electron chi connectivity index (χ1n) is 6.72. The van der Waals surface area contributed by atoms with Gasteiger partial charge in [0.1, 0.15) is 6.54 Å². The molecule has 1 aromatic carbocycles. The van der Waals surface area contributed by atoms with Crippen LogP contribution in [0.5, 0.6) is 0 Å². The van der Waals surface area contributed by atoms with E-state index < -0.39 is 11.9 Å². The molecule has 114 valence electrons. The van der Waals surface area contributed by atoms with Crippen LogP contribution in [0.2, 0.25) is 0 Å². The Morgan fingerprint density at radius 2 is 1.81 bits per heavy atom. The summed E-state index contributed by atoms with van der Waals surface area (Å²) in [4.78, 5) is 35.6. The van der Waals surface area contributed by atoms with Crippen molar-refractivity contribution < 1.29 is 19.5 Å². The highest BCUT2D eigenvalue weighted by atomic mass is 16.4. The number of rotatable bonds is 7. The van der Waals surface area contributed by atoms with E-state index in [1.54, 1.807) is 13.8 Å². The number of carbonyl (C=O) groups is 3. The first-order chi connectivity index (χ1) is 9.90. The standard InChI is InChI=1S/C15H20N2O4/c1-11(2)17(10-15(20)21)14(19)9-16-13(18)8-12-6-4-3-5-7-12/h3-7,11H,8-10H2,1-2H3,(H,16,18)(H,20,21). The van der Waals surface area contributed by atoms with Crippen molar-refractivity contribution in [3.63, 3.8) is 0 Å². The van der Waals surface area contributed by atoms with Crippen LogP contribution in [0.4, 0.5) is 0 Å². The number of carboxylic acid groups (broad SMARTS) is 1. The molecule has 0 atom stereocenters. The van der Waals surface area contributed by atoms with Crippen LogP contribution in [0.1, 0.15) is 19.4 Å². The lowest BCUT2D eigenvalue weighted by atomic mass is 10.1. The summed E-state index contributed by atoms with van der Waals surface area (Å²) in [5.41, 5.74) is 0.855. The van der Waals surface area contributed by atoms with Crippen LogP contribution in [-0.2, 0) is 20.8 Å². The van der Waals surface area contributed by atoms with Crippen molar-refractivity contribution in [2.24, 2.45) is 0 Å². The van der Waals surface area contributed by atoms with Crippen molar-refractivity contribution in [1.82, 2.24) is 10.2 Å². The van der Waals surface area contributed by atoms with Gasteiger partial charge in [0, 0.05) is 6.04 Å². The Kier molecular flexibility index (Phi) is 6.39. The van der Waals surface area contributed by atoms with Gasteiger partial charge in [-0.1, -0.05) is 30.3 Å². The zero-order valence-corrected chi connectivity index (χ0v) is 12.2. The smallest absolute Gasteiger partial charge is 0.323 e. The summed E-state index contributed by atoms with van der Waals surface area (Å²) < 4.78 is 0. The molecule has 6 nitrogen and oxygen atoms in total. The van der Waals surface area contributed by atoms with E-state index in [1.807, 2.05) is 30.3 Å². The van der Waals surface area contributed by atoms with E-state index in [-0.39, 0.29) is 31.5 Å². The molecule has 0 spiro atoms. The molecule has 0 saturated heterocycles. The molecule has 0 fully saturated rings. The highest BCUT2D eigenvalue weighted by Crippen LogP contribution is 2.00. The lowest BCUT2D eigenvalue weighted by Crippen LogP contribution is -2.46. The van der Waals surface area contributed by atoms with Crippen molar-refractivity contribution in [1.29, 1.82) is 0 Å². The summed E-state index contributed by atoms with van der Waals surface area (Å²) in [5.74, 6) is -1.75. The number of amides is 2. The average Bonchev–Trinajstić information content (AvgIpc) is 2.43. The van der Waals surface area contributed by atoms with Crippen LogP contribution < -0.4 is 5.32 Å². The molecule has 0 saturated carbocycles. The fraction of sp³-hybridized carbons (Fsp3) is 0.400. The van der Waals surface area contributed by atoms with Crippen LogP contribution in [-0.4, -0.2) is 46.9 Å². The van der Waals surface area contributed by atoms with E-state index in [2.05, 4.69) is 5.32 Å².